The van der Waals surface area contributed by atoms with Crippen molar-refractivity contribution < 1.29 is 14.3 Å². The van der Waals surface area contributed by atoms with Gasteiger partial charge in [0.15, 0.2) is 18.1 Å². The maximum atomic E-state index is 12.3. The average molecular weight is 428 g/mol. The first kappa shape index (κ1) is 19.9. The van der Waals surface area contributed by atoms with Gasteiger partial charge < -0.3 is 24.3 Å². The summed E-state index contributed by atoms with van der Waals surface area (Å²) in [7, 11) is 1.57. The van der Waals surface area contributed by atoms with E-state index < -0.39 is 0 Å². The Morgan fingerprint density at radius 1 is 0.969 bits per heavy atom. The van der Waals surface area contributed by atoms with E-state index in [4.69, 9.17) is 14.5 Å². The Morgan fingerprint density at radius 3 is 2.53 bits per heavy atom. The van der Waals surface area contributed by atoms with Gasteiger partial charge in [-0.25, -0.2) is 4.98 Å². The van der Waals surface area contributed by atoms with Crippen LogP contribution >= 0.6 is 0 Å². The standard InChI is InChI=1S/C25H24N4O3/c1-31-22-8-4-5-9-23(22)32-17-25(30)26-18-10-12-19(13-11-18)28-14-15-29-21-7-3-2-6-20(21)27-24(29)16-28/h2-13H,14-17H2,1H3,(H,26,30). The number of para-hydroxylation sites is 4. The van der Waals surface area contributed by atoms with E-state index in [1.165, 1.54) is 5.52 Å². The van der Waals surface area contributed by atoms with Crippen LogP contribution in [-0.2, 0) is 17.9 Å². The van der Waals surface area contributed by atoms with Crippen molar-refractivity contribution in [2.45, 2.75) is 13.1 Å². The van der Waals surface area contributed by atoms with Gasteiger partial charge in [0.05, 0.1) is 24.7 Å². The monoisotopic (exact) mass is 428 g/mol. The first-order valence-electron chi connectivity index (χ1n) is 10.6. The Morgan fingerprint density at radius 2 is 1.72 bits per heavy atom. The van der Waals surface area contributed by atoms with Crippen LogP contribution in [0.15, 0.2) is 72.8 Å². The number of anilines is 2. The topological polar surface area (TPSA) is 68.6 Å². The lowest BCUT2D eigenvalue weighted by Gasteiger charge is -2.30. The molecular weight excluding hydrogens is 404 g/mol. The molecule has 0 atom stereocenters. The van der Waals surface area contributed by atoms with Crippen LogP contribution in [0.3, 0.4) is 0 Å². The third-order valence-corrected chi connectivity index (χ3v) is 5.60. The fourth-order valence-electron chi connectivity index (χ4n) is 4.02. The van der Waals surface area contributed by atoms with E-state index in [9.17, 15) is 4.79 Å². The predicted molar refractivity (Wildman–Crippen MR) is 124 cm³/mol. The number of imidazole rings is 1. The predicted octanol–water partition coefficient (Wildman–Crippen LogP) is 4.08. The van der Waals surface area contributed by atoms with Crippen molar-refractivity contribution in [2.75, 3.05) is 30.5 Å². The van der Waals surface area contributed by atoms with Crippen molar-refractivity contribution in [2.24, 2.45) is 0 Å². The van der Waals surface area contributed by atoms with Gasteiger partial charge in [0.25, 0.3) is 5.91 Å². The van der Waals surface area contributed by atoms with Crippen LogP contribution in [0.2, 0.25) is 0 Å². The van der Waals surface area contributed by atoms with Crippen molar-refractivity contribution in [1.29, 1.82) is 0 Å². The summed E-state index contributed by atoms with van der Waals surface area (Å²) in [5.41, 5.74) is 4.06. The molecule has 162 valence electrons. The second kappa shape index (κ2) is 8.63. The van der Waals surface area contributed by atoms with Gasteiger partial charge in [0.1, 0.15) is 5.82 Å². The van der Waals surface area contributed by atoms with Crippen molar-refractivity contribution in [3.05, 3.63) is 78.6 Å². The minimum atomic E-state index is -0.227. The van der Waals surface area contributed by atoms with E-state index in [2.05, 4.69) is 33.0 Å². The third kappa shape index (κ3) is 3.97. The highest BCUT2D eigenvalue weighted by molar-refractivity contribution is 5.92. The summed E-state index contributed by atoms with van der Waals surface area (Å²) in [5, 5.41) is 2.87. The van der Waals surface area contributed by atoms with Crippen molar-refractivity contribution in [1.82, 2.24) is 9.55 Å². The second-order valence-corrected chi connectivity index (χ2v) is 7.62. The molecule has 1 N–H and O–H groups in total. The number of methoxy groups -OCH3 is 1. The highest BCUT2D eigenvalue weighted by Crippen LogP contribution is 2.27. The Kier molecular flexibility index (Phi) is 5.37. The highest BCUT2D eigenvalue weighted by Gasteiger charge is 2.20. The molecule has 5 rings (SSSR count). The lowest BCUT2D eigenvalue weighted by Crippen LogP contribution is -2.33. The number of hydrogen-bond acceptors (Lipinski definition) is 5. The number of carbonyl (C=O) groups excluding carboxylic acids is 1. The molecular formula is C25H24N4O3. The summed E-state index contributed by atoms with van der Waals surface area (Å²) in [5.74, 6) is 1.98. The lowest BCUT2D eigenvalue weighted by atomic mass is 10.2. The summed E-state index contributed by atoms with van der Waals surface area (Å²) in [6.45, 7) is 2.47. The fourth-order valence-corrected chi connectivity index (χ4v) is 4.02. The SMILES string of the molecule is COc1ccccc1OCC(=O)Nc1ccc(N2CCn3c(nc4ccccc43)C2)cc1. The molecule has 0 aliphatic carbocycles. The van der Waals surface area contributed by atoms with E-state index >= 15 is 0 Å². The number of amides is 1. The molecule has 0 saturated carbocycles. The number of nitrogens with zero attached hydrogens (tertiary/aromatic N) is 3. The van der Waals surface area contributed by atoms with Gasteiger partial charge in [0.2, 0.25) is 0 Å². The van der Waals surface area contributed by atoms with E-state index in [0.717, 1.165) is 42.4 Å². The van der Waals surface area contributed by atoms with Crippen LogP contribution < -0.4 is 19.7 Å². The molecule has 2 heterocycles. The van der Waals surface area contributed by atoms with Gasteiger partial charge in [-0.05, 0) is 48.5 Å². The van der Waals surface area contributed by atoms with Gasteiger partial charge in [-0.2, -0.15) is 0 Å². The smallest absolute Gasteiger partial charge is 0.262 e. The first-order valence-corrected chi connectivity index (χ1v) is 10.6. The molecule has 1 aliphatic heterocycles. The molecule has 1 aromatic heterocycles. The number of hydrogen-bond donors (Lipinski definition) is 1. The van der Waals surface area contributed by atoms with Gasteiger partial charge >= 0.3 is 0 Å². The molecule has 7 heteroatoms. The van der Waals surface area contributed by atoms with Gasteiger partial charge in [-0.1, -0.05) is 24.3 Å². The minimum absolute atomic E-state index is 0.0928. The van der Waals surface area contributed by atoms with Crippen molar-refractivity contribution in [3.8, 4) is 11.5 Å². The molecule has 0 radical (unpaired) electrons. The quantitative estimate of drug-likeness (QED) is 0.501. The van der Waals surface area contributed by atoms with Crippen LogP contribution in [0, 0.1) is 0 Å². The van der Waals surface area contributed by atoms with E-state index in [0.29, 0.717) is 11.5 Å². The maximum Gasteiger partial charge on any atom is 0.262 e. The van der Waals surface area contributed by atoms with Crippen LogP contribution in [0.25, 0.3) is 11.0 Å². The molecule has 7 nitrogen and oxygen atoms in total. The lowest BCUT2D eigenvalue weighted by molar-refractivity contribution is -0.118. The molecule has 1 amide bonds. The van der Waals surface area contributed by atoms with Crippen LogP contribution in [0.4, 0.5) is 11.4 Å². The number of carbonyl (C=O) groups is 1. The molecule has 0 unspecified atom stereocenters. The second-order valence-electron chi connectivity index (χ2n) is 7.62. The van der Waals surface area contributed by atoms with Crippen LogP contribution in [0.5, 0.6) is 11.5 Å². The van der Waals surface area contributed by atoms with E-state index in [1.54, 1.807) is 19.2 Å². The number of aromatic nitrogens is 2. The van der Waals surface area contributed by atoms with Gasteiger partial charge in [0, 0.05) is 24.5 Å². The van der Waals surface area contributed by atoms with Gasteiger partial charge in [-0.15, -0.1) is 0 Å². The zero-order chi connectivity index (χ0) is 21.9. The molecule has 0 saturated heterocycles. The molecule has 0 bridgehead atoms. The number of ether oxygens (including phenoxy) is 2. The highest BCUT2D eigenvalue weighted by atomic mass is 16.5. The summed E-state index contributed by atoms with van der Waals surface area (Å²) < 4.78 is 13.1. The number of nitrogens with one attached hydrogen (secondary N) is 1. The summed E-state index contributed by atoms with van der Waals surface area (Å²) in [4.78, 5) is 19.4. The summed E-state index contributed by atoms with van der Waals surface area (Å²) >= 11 is 0. The molecule has 4 aromatic rings. The van der Waals surface area contributed by atoms with Crippen LogP contribution in [0.1, 0.15) is 5.82 Å². The first-order chi connectivity index (χ1) is 15.7. The molecule has 3 aromatic carbocycles. The third-order valence-electron chi connectivity index (χ3n) is 5.60. The molecule has 0 fully saturated rings. The fraction of sp³-hybridized carbons (Fsp3) is 0.200. The molecule has 1 aliphatic rings. The largest absolute Gasteiger partial charge is 0.493 e. The number of fused-ring (bicyclic) bond motifs is 3. The Hall–Kier alpha value is -4.00. The number of rotatable bonds is 6. The normalized spacial score (nSPS) is 13.0. The average Bonchev–Trinajstić information content (AvgIpc) is 3.21. The van der Waals surface area contributed by atoms with E-state index in [-0.39, 0.29) is 12.5 Å². The summed E-state index contributed by atoms with van der Waals surface area (Å²) in [6.07, 6.45) is 0. The zero-order valence-electron chi connectivity index (χ0n) is 17.8. The molecule has 32 heavy (non-hydrogen) atoms. The molecule has 0 spiro atoms. The van der Waals surface area contributed by atoms with Crippen LogP contribution in [-0.4, -0.2) is 35.7 Å². The van der Waals surface area contributed by atoms with E-state index in [1.807, 2.05) is 42.5 Å². The Balaban J connectivity index is 1.20. The Bertz CT molecular complexity index is 1250. The minimum Gasteiger partial charge on any atom is -0.493 e. The maximum absolute atomic E-state index is 12.3. The van der Waals surface area contributed by atoms with Crippen molar-refractivity contribution >= 4 is 28.3 Å². The zero-order valence-corrected chi connectivity index (χ0v) is 17.8. The summed E-state index contributed by atoms with van der Waals surface area (Å²) in [6, 6.07) is 23.4. The van der Waals surface area contributed by atoms with Crippen molar-refractivity contribution in [3.63, 3.8) is 0 Å². The Labute approximate surface area is 186 Å². The number of benzene rings is 3. The van der Waals surface area contributed by atoms with Gasteiger partial charge in [-0.3, -0.25) is 4.79 Å².